The largest absolute Gasteiger partial charge is 0.458 e. The van der Waals surface area contributed by atoms with Crippen molar-refractivity contribution in [3.63, 3.8) is 0 Å². The number of aromatic nitrogens is 2. The predicted octanol–water partition coefficient (Wildman–Crippen LogP) is 3.73. The van der Waals surface area contributed by atoms with Crippen LogP contribution in [0, 0.1) is 0 Å². The van der Waals surface area contributed by atoms with Crippen molar-refractivity contribution in [2.24, 2.45) is 0 Å². The lowest BCUT2D eigenvalue weighted by Crippen LogP contribution is -2.33. The molecule has 0 aliphatic heterocycles. The van der Waals surface area contributed by atoms with E-state index in [-0.39, 0.29) is 0 Å². The molecule has 0 bridgehead atoms. The molecule has 1 heterocycles. The third kappa shape index (κ3) is 2.07. The minimum atomic E-state index is -5.59. The first-order valence-electron chi connectivity index (χ1n) is 4.86. The van der Waals surface area contributed by atoms with E-state index in [0.717, 1.165) is 12.1 Å². The first kappa shape index (κ1) is 12.5. The first-order chi connectivity index (χ1) is 8.32. The van der Waals surface area contributed by atoms with Crippen LogP contribution in [0.15, 0.2) is 36.7 Å². The second-order valence-corrected chi connectivity index (χ2v) is 3.64. The number of halogens is 5. The number of nitrogens with one attached hydrogen (secondary N) is 1. The average molecular weight is 262 g/mol. The first-order valence-corrected chi connectivity index (χ1v) is 4.86. The third-order valence-corrected chi connectivity index (χ3v) is 2.44. The number of rotatable bonds is 2. The SMILES string of the molecule is FC(F)(F)C(F)(F)c1ccc(-c2cn[nH]c2)cc1. The Balaban J connectivity index is 2.34. The fourth-order valence-electron chi connectivity index (χ4n) is 1.44. The van der Waals surface area contributed by atoms with Gasteiger partial charge < -0.3 is 0 Å². The van der Waals surface area contributed by atoms with Crippen LogP contribution in [0.1, 0.15) is 5.56 Å². The molecular weight excluding hydrogens is 255 g/mol. The summed E-state index contributed by atoms with van der Waals surface area (Å²) in [5.41, 5.74) is 0.0320. The molecule has 2 rings (SSSR count). The van der Waals surface area contributed by atoms with Crippen molar-refractivity contribution in [2.75, 3.05) is 0 Å². The lowest BCUT2D eigenvalue weighted by molar-refractivity contribution is -0.289. The van der Waals surface area contributed by atoms with Gasteiger partial charge in [0.1, 0.15) is 0 Å². The molecule has 0 aliphatic rings. The summed E-state index contributed by atoms with van der Waals surface area (Å²) in [7, 11) is 0. The molecule has 96 valence electrons. The van der Waals surface area contributed by atoms with Crippen molar-refractivity contribution in [1.82, 2.24) is 10.2 Å². The molecule has 0 saturated heterocycles. The van der Waals surface area contributed by atoms with Gasteiger partial charge in [-0.1, -0.05) is 24.3 Å². The zero-order chi connectivity index (χ0) is 13.4. The average Bonchev–Trinajstić information content (AvgIpc) is 2.81. The van der Waals surface area contributed by atoms with E-state index in [9.17, 15) is 22.0 Å². The van der Waals surface area contributed by atoms with Gasteiger partial charge in [0.25, 0.3) is 0 Å². The zero-order valence-corrected chi connectivity index (χ0v) is 8.80. The van der Waals surface area contributed by atoms with E-state index >= 15 is 0 Å². The van der Waals surface area contributed by atoms with Crippen molar-refractivity contribution >= 4 is 0 Å². The summed E-state index contributed by atoms with van der Waals surface area (Å²) < 4.78 is 62.4. The van der Waals surface area contributed by atoms with Crippen molar-refractivity contribution in [2.45, 2.75) is 12.1 Å². The van der Waals surface area contributed by atoms with Crippen LogP contribution in [0.5, 0.6) is 0 Å². The Morgan fingerprint density at radius 2 is 1.50 bits per heavy atom. The molecule has 18 heavy (non-hydrogen) atoms. The molecule has 0 unspecified atom stereocenters. The van der Waals surface area contributed by atoms with Gasteiger partial charge in [-0.15, -0.1) is 0 Å². The highest BCUT2D eigenvalue weighted by molar-refractivity contribution is 5.61. The number of alkyl halides is 5. The van der Waals surface area contributed by atoms with E-state index in [2.05, 4.69) is 10.2 Å². The summed E-state index contributed by atoms with van der Waals surface area (Å²) in [5.74, 6) is -4.85. The number of hydrogen-bond acceptors (Lipinski definition) is 1. The van der Waals surface area contributed by atoms with Crippen molar-refractivity contribution in [3.05, 3.63) is 42.2 Å². The fraction of sp³-hybridized carbons (Fsp3) is 0.182. The molecule has 2 nitrogen and oxygen atoms in total. The third-order valence-electron chi connectivity index (χ3n) is 2.44. The normalized spacial score (nSPS) is 12.7. The quantitative estimate of drug-likeness (QED) is 0.821. The Labute approximate surface area is 98.4 Å². The highest BCUT2D eigenvalue weighted by Crippen LogP contribution is 2.44. The lowest BCUT2D eigenvalue weighted by Gasteiger charge is -2.19. The minimum Gasteiger partial charge on any atom is -0.285 e. The Morgan fingerprint density at radius 3 is 1.94 bits per heavy atom. The number of nitrogens with zero attached hydrogens (tertiary/aromatic N) is 1. The van der Waals surface area contributed by atoms with E-state index < -0.39 is 17.7 Å². The molecule has 0 radical (unpaired) electrons. The topological polar surface area (TPSA) is 28.7 Å². The monoisotopic (exact) mass is 262 g/mol. The molecule has 2 aromatic rings. The fourth-order valence-corrected chi connectivity index (χ4v) is 1.44. The van der Waals surface area contributed by atoms with Crippen molar-refractivity contribution < 1.29 is 22.0 Å². The van der Waals surface area contributed by atoms with Crippen molar-refractivity contribution in [3.8, 4) is 11.1 Å². The highest BCUT2D eigenvalue weighted by atomic mass is 19.4. The minimum absolute atomic E-state index is 0.505. The van der Waals surface area contributed by atoms with Crippen molar-refractivity contribution in [1.29, 1.82) is 0 Å². The second-order valence-electron chi connectivity index (χ2n) is 3.64. The summed E-state index contributed by atoms with van der Waals surface area (Å²) in [4.78, 5) is 0. The van der Waals surface area contributed by atoms with Crippen LogP contribution < -0.4 is 0 Å². The zero-order valence-electron chi connectivity index (χ0n) is 8.80. The molecule has 1 N–H and O–H groups in total. The number of hydrogen-bond donors (Lipinski definition) is 1. The van der Waals surface area contributed by atoms with Gasteiger partial charge in [0.2, 0.25) is 0 Å². The van der Waals surface area contributed by atoms with Gasteiger partial charge in [-0.05, 0) is 5.56 Å². The van der Waals surface area contributed by atoms with Crippen LogP contribution in [-0.2, 0) is 5.92 Å². The van der Waals surface area contributed by atoms with E-state index in [0.29, 0.717) is 11.1 Å². The van der Waals surface area contributed by atoms with Crippen LogP contribution >= 0.6 is 0 Å². The summed E-state index contributed by atoms with van der Waals surface area (Å²) in [6.07, 6.45) is -2.64. The van der Waals surface area contributed by atoms with E-state index in [4.69, 9.17) is 0 Å². The molecule has 1 aromatic carbocycles. The molecule has 0 fully saturated rings. The van der Waals surface area contributed by atoms with Crippen LogP contribution in [0.4, 0.5) is 22.0 Å². The molecular formula is C11H7F5N2. The second kappa shape index (κ2) is 4.08. The Hall–Kier alpha value is -1.92. The molecule has 0 amide bonds. The van der Waals surface area contributed by atoms with E-state index in [1.165, 1.54) is 24.5 Å². The maximum Gasteiger partial charge on any atom is 0.458 e. The highest BCUT2D eigenvalue weighted by Gasteiger charge is 2.58. The lowest BCUT2D eigenvalue weighted by atomic mass is 10.0. The molecule has 0 atom stereocenters. The van der Waals surface area contributed by atoms with Gasteiger partial charge in [-0.2, -0.15) is 27.1 Å². The maximum atomic E-state index is 13.0. The molecule has 1 aromatic heterocycles. The summed E-state index contributed by atoms with van der Waals surface area (Å²) >= 11 is 0. The summed E-state index contributed by atoms with van der Waals surface area (Å²) in [6.45, 7) is 0. The van der Waals surface area contributed by atoms with Crippen LogP contribution in [0.25, 0.3) is 11.1 Å². The number of aromatic amines is 1. The predicted molar refractivity (Wildman–Crippen MR) is 54.0 cm³/mol. The molecule has 7 heteroatoms. The van der Waals surface area contributed by atoms with E-state index in [1.807, 2.05) is 0 Å². The maximum absolute atomic E-state index is 13.0. The van der Waals surface area contributed by atoms with Gasteiger partial charge in [-0.3, -0.25) is 5.10 Å². The van der Waals surface area contributed by atoms with Crippen LogP contribution in [-0.4, -0.2) is 16.4 Å². The molecule has 0 spiro atoms. The Kier molecular flexibility index (Phi) is 2.84. The van der Waals surface area contributed by atoms with Crippen LogP contribution in [0.3, 0.4) is 0 Å². The molecule has 0 saturated carbocycles. The number of H-pyrrole nitrogens is 1. The van der Waals surface area contributed by atoms with E-state index in [1.54, 1.807) is 0 Å². The van der Waals surface area contributed by atoms with Gasteiger partial charge in [-0.25, -0.2) is 0 Å². The van der Waals surface area contributed by atoms with Gasteiger partial charge in [0.15, 0.2) is 0 Å². The van der Waals surface area contributed by atoms with Gasteiger partial charge in [0, 0.05) is 17.3 Å². The summed E-state index contributed by atoms with van der Waals surface area (Å²) in [5, 5.41) is 6.18. The smallest absolute Gasteiger partial charge is 0.285 e. The van der Waals surface area contributed by atoms with Crippen LogP contribution in [0.2, 0.25) is 0 Å². The molecule has 0 aliphatic carbocycles. The van der Waals surface area contributed by atoms with Gasteiger partial charge >= 0.3 is 12.1 Å². The Bertz CT molecular complexity index is 513. The summed E-state index contributed by atoms with van der Waals surface area (Å²) in [6, 6.07) is 3.91. The number of benzene rings is 1. The van der Waals surface area contributed by atoms with Gasteiger partial charge in [0.05, 0.1) is 6.20 Å². The Morgan fingerprint density at radius 1 is 0.889 bits per heavy atom. The standard InChI is InChI=1S/C11H7F5N2/c12-10(13,11(14,15)16)9-3-1-7(2-4-9)8-5-17-18-6-8/h1-6H,(H,17,18).